The molecule has 0 fully saturated rings. The number of hydrogen-bond acceptors (Lipinski definition) is 5. The van der Waals surface area contributed by atoms with Crippen molar-refractivity contribution in [2.75, 3.05) is 5.32 Å². The molecule has 0 atom stereocenters. The molecular weight excluding hydrogens is 374 g/mol. The van der Waals surface area contributed by atoms with Gasteiger partial charge in [-0.15, -0.1) is 5.10 Å². The number of anilines is 1. The normalized spacial score (nSPS) is 11.4. The van der Waals surface area contributed by atoms with Crippen molar-refractivity contribution in [3.8, 4) is 11.5 Å². The van der Waals surface area contributed by atoms with Crippen LogP contribution < -0.4 is 5.32 Å². The van der Waals surface area contributed by atoms with Gasteiger partial charge in [-0.2, -0.15) is 13.2 Å². The molecule has 1 N–H and O–H groups in total. The summed E-state index contributed by atoms with van der Waals surface area (Å²) in [4.78, 5) is 12.0. The molecule has 5 nitrogen and oxygen atoms in total. The molecule has 0 aliphatic heterocycles. The summed E-state index contributed by atoms with van der Waals surface area (Å²) < 4.78 is 55.0. The Morgan fingerprint density at radius 3 is 2.27 bits per heavy atom. The van der Waals surface area contributed by atoms with Gasteiger partial charge in [0.1, 0.15) is 5.82 Å². The Hall–Kier alpha value is -2.88. The third-order valence-electron chi connectivity index (χ3n) is 3.09. The maximum absolute atomic E-state index is 12.9. The van der Waals surface area contributed by atoms with Crippen LogP contribution in [0.2, 0.25) is 0 Å². The van der Waals surface area contributed by atoms with E-state index in [1.807, 2.05) is 0 Å². The average Bonchev–Trinajstić information content (AvgIpc) is 3.03. The molecule has 1 aromatic heterocycles. The zero-order chi connectivity index (χ0) is 18.7. The number of nitrogens with one attached hydrogen (secondary N) is 1. The van der Waals surface area contributed by atoms with Crippen LogP contribution in [0, 0.1) is 5.82 Å². The number of carbonyl (C=O) groups is 1. The first-order chi connectivity index (χ1) is 12.3. The Morgan fingerprint density at radius 2 is 1.65 bits per heavy atom. The molecule has 0 saturated heterocycles. The van der Waals surface area contributed by atoms with E-state index in [9.17, 15) is 22.4 Å². The Labute approximate surface area is 148 Å². The van der Waals surface area contributed by atoms with E-state index in [4.69, 9.17) is 4.42 Å². The minimum atomic E-state index is -4.40. The van der Waals surface area contributed by atoms with Crippen LogP contribution in [0.1, 0.15) is 10.4 Å². The lowest BCUT2D eigenvalue weighted by Gasteiger charge is -2.06. The van der Waals surface area contributed by atoms with Gasteiger partial charge in [-0.3, -0.25) is 10.1 Å². The van der Waals surface area contributed by atoms with Crippen LogP contribution in [0.3, 0.4) is 0 Å². The first-order valence-electron chi connectivity index (χ1n) is 7.07. The first kappa shape index (κ1) is 17.9. The van der Waals surface area contributed by atoms with Crippen LogP contribution >= 0.6 is 11.8 Å². The molecule has 3 rings (SSSR count). The maximum atomic E-state index is 12.9. The number of thioether (sulfide) groups is 1. The van der Waals surface area contributed by atoms with E-state index in [-0.39, 0.29) is 34.1 Å². The number of amides is 1. The molecule has 0 unspecified atom stereocenters. The summed E-state index contributed by atoms with van der Waals surface area (Å²) in [5, 5.41) is 9.73. The molecule has 0 spiro atoms. The number of nitrogens with zero attached hydrogens (tertiary/aromatic N) is 2. The summed E-state index contributed by atoms with van der Waals surface area (Å²) in [7, 11) is 0. The predicted octanol–water partition coefficient (Wildman–Crippen LogP) is 4.74. The zero-order valence-electron chi connectivity index (χ0n) is 12.7. The number of rotatable bonds is 4. The first-order valence-corrected chi connectivity index (χ1v) is 7.88. The van der Waals surface area contributed by atoms with Gasteiger partial charge in [0.15, 0.2) is 0 Å². The fourth-order valence-electron chi connectivity index (χ4n) is 1.96. The van der Waals surface area contributed by atoms with Crippen molar-refractivity contribution in [3.63, 3.8) is 0 Å². The third kappa shape index (κ3) is 4.60. The largest absolute Gasteiger partial charge is 0.446 e. The fourth-order valence-corrected chi connectivity index (χ4v) is 2.50. The molecule has 0 aliphatic carbocycles. The van der Waals surface area contributed by atoms with Crippen molar-refractivity contribution in [1.29, 1.82) is 0 Å². The van der Waals surface area contributed by atoms with Gasteiger partial charge in [0.05, 0.1) is 0 Å². The Kier molecular flexibility index (Phi) is 4.94. The van der Waals surface area contributed by atoms with Crippen LogP contribution in [0.15, 0.2) is 57.8 Å². The van der Waals surface area contributed by atoms with Gasteiger partial charge in [0, 0.05) is 16.0 Å². The Bertz CT molecular complexity index is 908. The minimum absolute atomic E-state index is 0.0366. The molecule has 10 heteroatoms. The zero-order valence-corrected chi connectivity index (χ0v) is 13.6. The van der Waals surface area contributed by atoms with Crippen LogP contribution in [-0.4, -0.2) is 21.6 Å². The van der Waals surface area contributed by atoms with Crippen LogP contribution in [-0.2, 0) is 0 Å². The molecule has 0 saturated carbocycles. The molecule has 1 amide bonds. The number of hydrogen-bond donors (Lipinski definition) is 1. The quantitative estimate of drug-likeness (QED) is 0.521. The highest BCUT2D eigenvalue weighted by Crippen LogP contribution is 2.36. The summed E-state index contributed by atoms with van der Waals surface area (Å²) in [6.45, 7) is 0. The lowest BCUT2D eigenvalue weighted by molar-refractivity contribution is -0.0328. The summed E-state index contributed by atoms with van der Waals surface area (Å²) in [5.74, 6) is -0.964. The topological polar surface area (TPSA) is 68.0 Å². The molecular formula is C16H9F4N3O2S. The second-order valence-corrected chi connectivity index (χ2v) is 6.08. The molecule has 134 valence electrons. The summed E-state index contributed by atoms with van der Waals surface area (Å²) >= 11 is -0.272. The fraction of sp³-hybridized carbons (Fsp3) is 0.0625. The molecule has 3 aromatic rings. The van der Waals surface area contributed by atoms with E-state index in [0.29, 0.717) is 5.56 Å². The highest BCUT2D eigenvalue weighted by Gasteiger charge is 2.29. The third-order valence-corrected chi connectivity index (χ3v) is 3.83. The molecule has 0 radical (unpaired) electrons. The molecule has 2 aromatic carbocycles. The standard InChI is InChI=1S/C16H9F4N3O2S/c17-11-5-1-10(2-6-11)14-22-23-15(25-14)21-13(24)9-3-7-12(8-4-9)26-16(18,19)20/h1-8H,(H,21,23,24). The number of halogens is 4. The van der Waals surface area contributed by atoms with Crippen molar-refractivity contribution in [3.05, 3.63) is 59.9 Å². The smallest absolute Gasteiger partial charge is 0.403 e. The Balaban J connectivity index is 1.67. The van der Waals surface area contributed by atoms with E-state index in [2.05, 4.69) is 15.5 Å². The minimum Gasteiger partial charge on any atom is -0.403 e. The molecule has 1 heterocycles. The second kappa shape index (κ2) is 7.16. The van der Waals surface area contributed by atoms with Crippen LogP contribution in [0.25, 0.3) is 11.5 Å². The monoisotopic (exact) mass is 383 g/mol. The van der Waals surface area contributed by atoms with Gasteiger partial charge < -0.3 is 4.42 Å². The SMILES string of the molecule is O=C(Nc1nnc(-c2ccc(F)cc2)o1)c1ccc(SC(F)(F)F)cc1. The van der Waals surface area contributed by atoms with E-state index >= 15 is 0 Å². The predicted molar refractivity (Wildman–Crippen MR) is 86.0 cm³/mol. The van der Waals surface area contributed by atoms with Gasteiger partial charge in [0.2, 0.25) is 5.89 Å². The summed E-state index contributed by atoms with van der Waals surface area (Å²) in [6, 6.07) is 9.99. The van der Waals surface area contributed by atoms with Gasteiger partial charge in [-0.05, 0) is 60.3 Å². The summed E-state index contributed by atoms with van der Waals surface area (Å²) in [5.41, 5.74) is -3.81. The Morgan fingerprint density at radius 1 is 1.00 bits per heavy atom. The lowest BCUT2D eigenvalue weighted by Crippen LogP contribution is -2.12. The van der Waals surface area contributed by atoms with E-state index in [1.165, 1.54) is 48.5 Å². The summed E-state index contributed by atoms with van der Waals surface area (Å²) in [6.07, 6.45) is 0. The van der Waals surface area contributed by atoms with E-state index in [0.717, 1.165) is 0 Å². The van der Waals surface area contributed by atoms with Crippen molar-refractivity contribution < 1.29 is 26.8 Å². The molecule has 0 aliphatic rings. The number of alkyl halides is 3. The van der Waals surface area contributed by atoms with E-state index in [1.54, 1.807) is 0 Å². The maximum Gasteiger partial charge on any atom is 0.446 e. The average molecular weight is 383 g/mol. The second-order valence-electron chi connectivity index (χ2n) is 4.95. The van der Waals surface area contributed by atoms with Crippen LogP contribution in [0.4, 0.5) is 23.6 Å². The van der Waals surface area contributed by atoms with Gasteiger partial charge in [0.25, 0.3) is 5.91 Å². The highest BCUT2D eigenvalue weighted by atomic mass is 32.2. The van der Waals surface area contributed by atoms with Crippen molar-refractivity contribution in [2.24, 2.45) is 0 Å². The van der Waals surface area contributed by atoms with Gasteiger partial charge in [-0.25, -0.2) is 4.39 Å². The number of aromatic nitrogens is 2. The van der Waals surface area contributed by atoms with Gasteiger partial charge in [-0.1, -0.05) is 5.10 Å². The highest BCUT2D eigenvalue weighted by molar-refractivity contribution is 8.00. The molecule has 0 bridgehead atoms. The van der Waals surface area contributed by atoms with Crippen molar-refractivity contribution >= 4 is 23.7 Å². The number of benzene rings is 2. The van der Waals surface area contributed by atoms with E-state index < -0.39 is 17.2 Å². The molecule has 26 heavy (non-hydrogen) atoms. The van der Waals surface area contributed by atoms with Gasteiger partial charge >= 0.3 is 11.5 Å². The lowest BCUT2D eigenvalue weighted by atomic mass is 10.2. The van der Waals surface area contributed by atoms with Crippen molar-refractivity contribution in [1.82, 2.24) is 10.2 Å². The number of carbonyl (C=O) groups excluding carboxylic acids is 1. The van der Waals surface area contributed by atoms with Crippen LogP contribution in [0.5, 0.6) is 0 Å². The van der Waals surface area contributed by atoms with Crippen molar-refractivity contribution in [2.45, 2.75) is 10.4 Å².